The van der Waals surface area contributed by atoms with Gasteiger partial charge < -0.3 is 14.4 Å². The molecule has 2 aliphatic rings. The number of carbonyl (C=O) groups is 3. The van der Waals surface area contributed by atoms with Crippen LogP contribution < -0.4 is 10.1 Å². The number of likely N-dealkylation sites (N-methyl/N-ethyl adjacent to an activating group) is 1. The molecule has 29 heavy (non-hydrogen) atoms. The average molecular weight is 410 g/mol. The summed E-state index contributed by atoms with van der Waals surface area (Å²) < 4.78 is 10.9. The predicted octanol–water partition coefficient (Wildman–Crippen LogP) is 3.80. The van der Waals surface area contributed by atoms with Crippen LogP contribution in [0.5, 0.6) is 11.5 Å². The minimum absolute atomic E-state index is 0.0475. The number of nitrogens with zero attached hydrogens (tertiary/aromatic N) is 1. The van der Waals surface area contributed by atoms with E-state index >= 15 is 0 Å². The molecule has 7 nitrogen and oxygen atoms in total. The first-order valence-electron chi connectivity index (χ1n) is 8.99. The van der Waals surface area contributed by atoms with Gasteiger partial charge in [-0.15, -0.1) is 0 Å². The molecule has 0 bridgehead atoms. The van der Waals surface area contributed by atoms with E-state index < -0.39 is 0 Å². The molecule has 2 aromatic carbocycles. The highest BCUT2D eigenvalue weighted by Crippen LogP contribution is 2.27. The molecule has 2 aromatic rings. The number of rotatable bonds is 5. The molecular weight excluding hydrogens is 392 g/mol. The topological polar surface area (TPSA) is 84.9 Å². The van der Waals surface area contributed by atoms with E-state index in [1.165, 1.54) is 0 Å². The zero-order valence-corrected chi connectivity index (χ0v) is 16.4. The van der Waals surface area contributed by atoms with E-state index in [9.17, 15) is 14.4 Å². The molecule has 0 aliphatic carbocycles. The van der Waals surface area contributed by atoms with Crippen LogP contribution in [0.3, 0.4) is 0 Å². The van der Waals surface area contributed by atoms with Crippen molar-refractivity contribution in [3.63, 3.8) is 0 Å². The molecule has 8 heteroatoms. The lowest BCUT2D eigenvalue weighted by molar-refractivity contribution is -0.115. The van der Waals surface area contributed by atoms with Crippen molar-refractivity contribution in [3.05, 3.63) is 64.6 Å². The number of imide groups is 1. The van der Waals surface area contributed by atoms with Crippen LogP contribution in [-0.2, 0) is 16.0 Å². The lowest BCUT2D eigenvalue weighted by Crippen LogP contribution is -2.30. The zero-order valence-electron chi connectivity index (χ0n) is 15.6. The number of thioether (sulfide) groups is 1. The number of cyclic esters (lactones) is 1. The van der Waals surface area contributed by atoms with Crippen molar-refractivity contribution < 1.29 is 23.9 Å². The average Bonchev–Trinajstić information content (AvgIpc) is 3.19. The van der Waals surface area contributed by atoms with Crippen molar-refractivity contribution in [2.24, 2.45) is 0 Å². The quantitative estimate of drug-likeness (QED) is 0.755. The summed E-state index contributed by atoms with van der Waals surface area (Å²) in [6, 6.07) is 15.0. The molecule has 2 heterocycles. The van der Waals surface area contributed by atoms with E-state index in [-0.39, 0.29) is 23.3 Å². The van der Waals surface area contributed by atoms with Gasteiger partial charge in [0, 0.05) is 7.05 Å². The molecule has 1 atom stereocenters. The monoisotopic (exact) mass is 410 g/mol. The molecule has 1 unspecified atom stereocenters. The van der Waals surface area contributed by atoms with Gasteiger partial charge in [0.15, 0.2) is 0 Å². The summed E-state index contributed by atoms with van der Waals surface area (Å²) in [5.41, 5.74) is 1.90. The van der Waals surface area contributed by atoms with Crippen LogP contribution in [0, 0.1) is 0 Å². The number of ether oxygens (including phenoxy) is 2. The van der Waals surface area contributed by atoms with Gasteiger partial charge in [0.05, 0.1) is 10.9 Å². The molecule has 0 aromatic heterocycles. The van der Waals surface area contributed by atoms with Crippen LogP contribution in [0.4, 0.5) is 9.59 Å². The molecule has 2 saturated heterocycles. The van der Waals surface area contributed by atoms with Gasteiger partial charge in [-0.3, -0.25) is 14.9 Å². The molecule has 0 saturated carbocycles. The first-order valence-corrected chi connectivity index (χ1v) is 9.81. The van der Waals surface area contributed by atoms with Crippen LogP contribution in [0.15, 0.2) is 53.4 Å². The van der Waals surface area contributed by atoms with E-state index in [2.05, 4.69) is 5.32 Å². The fourth-order valence-corrected chi connectivity index (χ4v) is 3.71. The van der Waals surface area contributed by atoms with Crippen molar-refractivity contribution >= 4 is 35.1 Å². The minimum atomic E-state index is -0.375. The van der Waals surface area contributed by atoms with Gasteiger partial charge in [-0.25, -0.2) is 4.79 Å². The summed E-state index contributed by atoms with van der Waals surface area (Å²) in [5.74, 6) is 0.984. The Kier molecular flexibility index (Phi) is 5.26. The summed E-state index contributed by atoms with van der Waals surface area (Å²) in [4.78, 5) is 36.2. The van der Waals surface area contributed by atoms with Gasteiger partial charge in [0.1, 0.15) is 18.1 Å². The van der Waals surface area contributed by atoms with Gasteiger partial charge in [-0.1, -0.05) is 24.3 Å². The first kappa shape index (κ1) is 19.1. The summed E-state index contributed by atoms with van der Waals surface area (Å²) in [6.07, 6.45) is 2.10. The molecule has 0 radical (unpaired) electrons. The second-order valence-corrected chi connectivity index (χ2v) is 7.73. The van der Waals surface area contributed by atoms with Crippen molar-refractivity contribution in [2.75, 3.05) is 13.7 Å². The fourth-order valence-electron chi connectivity index (χ4n) is 3.03. The van der Waals surface area contributed by atoms with Crippen LogP contribution in [-0.4, -0.2) is 41.8 Å². The minimum Gasteiger partial charge on any atom is -0.457 e. The Hall–Kier alpha value is -3.26. The molecule has 0 spiro atoms. The molecule has 2 fully saturated rings. The largest absolute Gasteiger partial charge is 0.457 e. The van der Waals surface area contributed by atoms with E-state index in [0.717, 1.165) is 29.3 Å². The lowest BCUT2D eigenvalue weighted by Gasteiger charge is -2.16. The van der Waals surface area contributed by atoms with E-state index in [1.54, 1.807) is 30.2 Å². The van der Waals surface area contributed by atoms with Gasteiger partial charge in [-0.05, 0) is 59.7 Å². The standard InChI is InChI=1S/C21H18N2O5S/c1-23-15(12-27-21(23)26)10-13-2-6-16(7-3-13)28-17-8-4-14(5-9-17)11-18-19(24)22-20(25)29-18/h2-9,11,15H,10,12H2,1H3,(H,22,24,25)/b18-11+. The van der Waals surface area contributed by atoms with Crippen LogP contribution in [0.1, 0.15) is 11.1 Å². The highest BCUT2D eigenvalue weighted by Gasteiger charge is 2.29. The Balaban J connectivity index is 1.37. The zero-order chi connectivity index (χ0) is 20.4. The third-order valence-corrected chi connectivity index (χ3v) is 5.50. The van der Waals surface area contributed by atoms with E-state index in [1.807, 2.05) is 36.4 Å². The number of amides is 3. The molecule has 148 valence electrons. The molecule has 3 amide bonds. The maximum Gasteiger partial charge on any atom is 0.409 e. The maximum absolute atomic E-state index is 11.6. The van der Waals surface area contributed by atoms with E-state index in [4.69, 9.17) is 9.47 Å². The summed E-state index contributed by atoms with van der Waals surface area (Å²) >= 11 is 0.889. The number of benzene rings is 2. The lowest BCUT2D eigenvalue weighted by atomic mass is 10.1. The van der Waals surface area contributed by atoms with Gasteiger partial charge in [-0.2, -0.15) is 0 Å². The second-order valence-electron chi connectivity index (χ2n) is 6.71. The molecule has 2 aliphatic heterocycles. The number of carbonyl (C=O) groups excluding carboxylic acids is 3. The summed E-state index contributed by atoms with van der Waals surface area (Å²) in [6.45, 7) is 0.407. The van der Waals surface area contributed by atoms with Crippen molar-refractivity contribution in [3.8, 4) is 11.5 Å². The third kappa shape index (κ3) is 4.43. The van der Waals surface area contributed by atoms with Crippen LogP contribution >= 0.6 is 11.8 Å². The predicted molar refractivity (Wildman–Crippen MR) is 109 cm³/mol. The Morgan fingerprint density at radius 1 is 1.10 bits per heavy atom. The Labute approximate surface area is 171 Å². The van der Waals surface area contributed by atoms with Gasteiger partial charge >= 0.3 is 6.09 Å². The van der Waals surface area contributed by atoms with Crippen LogP contribution in [0.25, 0.3) is 6.08 Å². The summed E-state index contributed by atoms with van der Waals surface area (Å²) in [5, 5.41) is 1.87. The number of nitrogens with one attached hydrogen (secondary N) is 1. The Bertz CT molecular complexity index is 985. The maximum atomic E-state index is 11.6. The smallest absolute Gasteiger partial charge is 0.409 e. The normalized spacial score (nSPS) is 20.2. The Morgan fingerprint density at radius 3 is 2.31 bits per heavy atom. The Morgan fingerprint density at radius 2 is 1.76 bits per heavy atom. The molecule has 4 rings (SSSR count). The number of hydrogen-bond donors (Lipinski definition) is 1. The third-order valence-electron chi connectivity index (χ3n) is 4.69. The molecular formula is C21H18N2O5S. The van der Waals surface area contributed by atoms with Crippen LogP contribution in [0.2, 0.25) is 0 Å². The van der Waals surface area contributed by atoms with Crippen molar-refractivity contribution in [1.29, 1.82) is 0 Å². The second kappa shape index (κ2) is 8.00. The highest BCUT2D eigenvalue weighted by molar-refractivity contribution is 8.18. The van der Waals surface area contributed by atoms with Gasteiger partial charge in [0.25, 0.3) is 11.1 Å². The van der Waals surface area contributed by atoms with Crippen molar-refractivity contribution in [1.82, 2.24) is 10.2 Å². The fraction of sp³-hybridized carbons (Fsp3) is 0.190. The highest BCUT2D eigenvalue weighted by atomic mass is 32.2. The molecule has 1 N–H and O–H groups in total. The van der Waals surface area contributed by atoms with Gasteiger partial charge in [0.2, 0.25) is 0 Å². The summed E-state index contributed by atoms with van der Waals surface area (Å²) in [7, 11) is 1.74. The van der Waals surface area contributed by atoms with E-state index in [0.29, 0.717) is 23.0 Å². The SMILES string of the molecule is CN1C(=O)OCC1Cc1ccc(Oc2ccc(/C=C3/SC(=O)NC3=O)cc2)cc1. The first-order chi connectivity index (χ1) is 14.0. The van der Waals surface area contributed by atoms with Crippen molar-refractivity contribution in [2.45, 2.75) is 12.5 Å². The number of hydrogen-bond acceptors (Lipinski definition) is 6.